The summed E-state index contributed by atoms with van der Waals surface area (Å²) in [7, 11) is 1.38. The minimum Gasteiger partial charge on any atom is -0.468 e. The summed E-state index contributed by atoms with van der Waals surface area (Å²) in [6, 6.07) is 3.68. The van der Waals surface area contributed by atoms with E-state index in [1.165, 1.54) is 18.9 Å². The summed E-state index contributed by atoms with van der Waals surface area (Å²) >= 11 is 1.45. The lowest BCUT2D eigenvalue weighted by molar-refractivity contribution is -0.137. The molecule has 2 N–H and O–H groups in total. The molecular weight excluding hydrogens is 226 g/mol. The molecule has 2 unspecified atom stereocenters. The van der Waals surface area contributed by atoms with E-state index in [1.54, 1.807) is 6.26 Å². The lowest BCUT2D eigenvalue weighted by atomic mass is 10.1. The second-order valence-electron chi connectivity index (χ2n) is 3.40. The van der Waals surface area contributed by atoms with Crippen LogP contribution in [0.5, 0.6) is 0 Å². The second kappa shape index (κ2) is 6.60. The van der Waals surface area contributed by atoms with Crippen LogP contribution in [0.1, 0.15) is 24.4 Å². The van der Waals surface area contributed by atoms with Crippen molar-refractivity contribution in [2.75, 3.05) is 12.9 Å². The van der Waals surface area contributed by atoms with Gasteiger partial charge in [-0.1, -0.05) is 6.92 Å². The van der Waals surface area contributed by atoms with Gasteiger partial charge in [0.25, 0.3) is 0 Å². The van der Waals surface area contributed by atoms with Gasteiger partial charge in [-0.3, -0.25) is 4.79 Å². The Morgan fingerprint density at radius 1 is 1.69 bits per heavy atom. The van der Waals surface area contributed by atoms with E-state index in [0.29, 0.717) is 0 Å². The van der Waals surface area contributed by atoms with Gasteiger partial charge in [-0.15, -0.1) is 11.8 Å². The van der Waals surface area contributed by atoms with Crippen LogP contribution in [0.2, 0.25) is 0 Å². The molecule has 0 aliphatic carbocycles. The minimum absolute atomic E-state index is 0.000833. The number of hydrogen-bond donors (Lipinski definition) is 1. The van der Waals surface area contributed by atoms with Crippen molar-refractivity contribution in [2.24, 2.45) is 5.73 Å². The Bertz CT molecular complexity index is 313. The molecule has 0 spiro atoms. The van der Waals surface area contributed by atoms with E-state index in [-0.39, 0.29) is 23.0 Å². The average Bonchev–Trinajstić information content (AvgIpc) is 2.82. The highest BCUT2D eigenvalue weighted by atomic mass is 32.2. The van der Waals surface area contributed by atoms with Crippen LogP contribution in [0.15, 0.2) is 22.8 Å². The number of esters is 1. The average molecular weight is 243 g/mol. The molecule has 0 radical (unpaired) electrons. The summed E-state index contributed by atoms with van der Waals surface area (Å²) in [6.45, 7) is 2.01. The lowest BCUT2D eigenvalue weighted by Gasteiger charge is -2.19. The zero-order valence-corrected chi connectivity index (χ0v) is 10.3. The highest BCUT2D eigenvalue weighted by molar-refractivity contribution is 8.00. The third kappa shape index (κ3) is 3.57. The Hall–Kier alpha value is -0.940. The van der Waals surface area contributed by atoms with Gasteiger partial charge in [-0.25, -0.2) is 0 Å². The summed E-state index contributed by atoms with van der Waals surface area (Å²) in [4.78, 5) is 11.1. The zero-order chi connectivity index (χ0) is 12.0. The van der Waals surface area contributed by atoms with Crippen LogP contribution >= 0.6 is 11.8 Å². The van der Waals surface area contributed by atoms with Gasteiger partial charge in [-0.2, -0.15) is 0 Å². The molecule has 16 heavy (non-hydrogen) atoms. The number of carbonyl (C=O) groups excluding carboxylic acids is 1. The molecule has 0 saturated heterocycles. The van der Waals surface area contributed by atoms with Gasteiger partial charge in [0.15, 0.2) is 0 Å². The number of furan rings is 1. The van der Waals surface area contributed by atoms with Crippen molar-refractivity contribution in [3.05, 3.63) is 24.2 Å². The van der Waals surface area contributed by atoms with Crippen LogP contribution in [0, 0.1) is 0 Å². The highest BCUT2D eigenvalue weighted by Gasteiger charge is 2.22. The number of ether oxygens (including phenoxy) is 1. The molecule has 0 aromatic carbocycles. The molecule has 2 atom stereocenters. The van der Waals surface area contributed by atoms with Gasteiger partial charge in [0.1, 0.15) is 5.76 Å². The van der Waals surface area contributed by atoms with Crippen LogP contribution in [0.3, 0.4) is 0 Å². The molecule has 5 heteroatoms. The Morgan fingerprint density at radius 3 is 2.94 bits per heavy atom. The fourth-order valence-electron chi connectivity index (χ4n) is 1.30. The predicted molar refractivity (Wildman–Crippen MR) is 64.2 cm³/mol. The third-order valence-electron chi connectivity index (χ3n) is 2.29. The third-order valence-corrected chi connectivity index (χ3v) is 3.64. The Balaban J connectivity index is 2.62. The van der Waals surface area contributed by atoms with E-state index < -0.39 is 0 Å². The van der Waals surface area contributed by atoms with Crippen molar-refractivity contribution in [3.8, 4) is 0 Å². The topological polar surface area (TPSA) is 65.5 Å². The number of thioether (sulfide) groups is 1. The molecule has 0 amide bonds. The van der Waals surface area contributed by atoms with Crippen LogP contribution in [-0.4, -0.2) is 24.9 Å². The van der Waals surface area contributed by atoms with Crippen molar-refractivity contribution in [1.82, 2.24) is 0 Å². The molecule has 0 fully saturated rings. The van der Waals surface area contributed by atoms with Crippen LogP contribution in [0.25, 0.3) is 0 Å². The quantitative estimate of drug-likeness (QED) is 0.774. The van der Waals surface area contributed by atoms with Gasteiger partial charge in [0.2, 0.25) is 0 Å². The van der Waals surface area contributed by atoms with Crippen molar-refractivity contribution >= 4 is 17.7 Å². The largest absolute Gasteiger partial charge is 0.468 e. The smallest absolute Gasteiger partial charge is 0.315 e. The molecule has 1 rings (SSSR count). The minimum atomic E-state index is -0.246. The van der Waals surface area contributed by atoms with Crippen molar-refractivity contribution in [1.29, 1.82) is 0 Å². The molecule has 90 valence electrons. The summed E-state index contributed by atoms with van der Waals surface area (Å²) in [6.07, 6.45) is 2.45. The molecule has 4 nitrogen and oxygen atoms in total. The predicted octanol–water partition coefficient (Wildman–Crippen LogP) is 1.96. The molecular formula is C11H17NO3S. The normalized spacial score (nSPS) is 14.4. The van der Waals surface area contributed by atoms with Crippen LogP contribution in [-0.2, 0) is 9.53 Å². The van der Waals surface area contributed by atoms with E-state index in [9.17, 15) is 4.79 Å². The maximum atomic E-state index is 11.1. The van der Waals surface area contributed by atoms with E-state index in [0.717, 1.165) is 12.2 Å². The number of nitrogens with two attached hydrogens (primary N) is 1. The SMILES string of the molecule is CCC(N)C(SCC(=O)OC)c1ccco1. The molecule has 0 saturated carbocycles. The van der Waals surface area contributed by atoms with Gasteiger partial charge in [0, 0.05) is 6.04 Å². The van der Waals surface area contributed by atoms with Gasteiger partial charge >= 0.3 is 5.97 Å². The Morgan fingerprint density at radius 2 is 2.44 bits per heavy atom. The van der Waals surface area contributed by atoms with Gasteiger partial charge in [0.05, 0.1) is 24.4 Å². The summed E-state index contributed by atoms with van der Waals surface area (Å²) < 4.78 is 9.93. The molecule has 1 heterocycles. The fraction of sp³-hybridized carbons (Fsp3) is 0.545. The Kier molecular flexibility index (Phi) is 5.42. The zero-order valence-electron chi connectivity index (χ0n) is 9.51. The van der Waals surface area contributed by atoms with E-state index >= 15 is 0 Å². The first kappa shape index (κ1) is 13.1. The van der Waals surface area contributed by atoms with Gasteiger partial charge in [-0.05, 0) is 18.6 Å². The molecule has 0 bridgehead atoms. The summed E-state index contributed by atoms with van der Waals surface area (Å²) in [5, 5.41) is -0.000833. The maximum absolute atomic E-state index is 11.1. The number of hydrogen-bond acceptors (Lipinski definition) is 5. The monoisotopic (exact) mass is 243 g/mol. The molecule has 0 aliphatic rings. The highest BCUT2D eigenvalue weighted by Crippen LogP contribution is 2.32. The number of methoxy groups -OCH3 is 1. The summed E-state index contributed by atoms with van der Waals surface area (Å²) in [5.41, 5.74) is 6.00. The van der Waals surface area contributed by atoms with Crippen molar-refractivity contribution in [3.63, 3.8) is 0 Å². The lowest BCUT2D eigenvalue weighted by Crippen LogP contribution is -2.26. The van der Waals surface area contributed by atoms with Crippen molar-refractivity contribution < 1.29 is 13.9 Å². The first-order valence-electron chi connectivity index (χ1n) is 5.16. The van der Waals surface area contributed by atoms with Crippen molar-refractivity contribution in [2.45, 2.75) is 24.6 Å². The molecule has 0 aliphatic heterocycles. The first-order valence-corrected chi connectivity index (χ1v) is 6.21. The molecule has 1 aromatic heterocycles. The number of carbonyl (C=O) groups is 1. The second-order valence-corrected chi connectivity index (χ2v) is 4.53. The van der Waals surface area contributed by atoms with Crippen LogP contribution < -0.4 is 5.73 Å². The number of rotatable bonds is 6. The van der Waals surface area contributed by atoms with E-state index in [4.69, 9.17) is 10.2 Å². The fourth-order valence-corrected chi connectivity index (χ4v) is 2.47. The van der Waals surface area contributed by atoms with Gasteiger partial charge < -0.3 is 14.9 Å². The van der Waals surface area contributed by atoms with E-state index in [2.05, 4.69) is 4.74 Å². The summed E-state index contributed by atoms with van der Waals surface area (Å²) in [5.74, 6) is 0.850. The van der Waals surface area contributed by atoms with Crippen LogP contribution in [0.4, 0.5) is 0 Å². The maximum Gasteiger partial charge on any atom is 0.315 e. The molecule has 1 aromatic rings. The van der Waals surface area contributed by atoms with E-state index in [1.807, 2.05) is 19.1 Å². The standard InChI is InChI=1S/C11H17NO3S/c1-3-8(12)11(9-5-4-6-15-9)16-7-10(13)14-2/h4-6,8,11H,3,7,12H2,1-2H3. The first-order chi connectivity index (χ1) is 7.69. The Labute approximate surface area is 99.5 Å².